The Morgan fingerprint density at radius 2 is 2.05 bits per heavy atom. The highest BCUT2D eigenvalue weighted by molar-refractivity contribution is 5.73. The summed E-state index contributed by atoms with van der Waals surface area (Å²) in [4.78, 5) is 13.2. The zero-order valence-electron chi connectivity index (χ0n) is 13.0. The molecule has 1 fully saturated rings. The fourth-order valence-electron chi connectivity index (χ4n) is 3.44. The lowest BCUT2D eigenvalue weighted by molar-refractivity contribution is -0.142. The summed E-state index contributed by atoms with van der Waals surface area (Å²) in [5.74, 6) is 0.240. The summed E-state index contributed by atoms with van der Waals surface area (Å²) >= 11 is 0. The summed E-state index contributed by atoms with van der Waals surface area (Å²) in [6.07, 6.45) is 2.91. The van der Waals surface area contributed by atoms with Gasteiger partial charge >= 0.3 is 5.97 Å². The second-order valence-corrected chi connectivity index (χ2v) is 6.56. The van der Waals surface area contributed by atoms with Crippen molar-refractivity contribution in [2.45, 2.75) is 51.7 Å². The monoisotopic (exact) mass is 289 g/mol. The van der Waals surface area contributed by atoms with E-state index in [1.54, 1.807) is 6.92 Å². The third-order valence-electron chi connectivity index (χ3n) is 5.10. The average Bonchev–Trinajstić information content (AvgIpc) is 2.83. The number of carbonyl (C=O) groups is 1. The third kappa shape index (κ3) is 2.53. The third-order valence-corrected chi connectivity index (χ3v) is 5.10. The minimum atomic E-state index is -0.755. The fourth-order valence-corrected chi connectivity index (χ4v) is 3.44. The van der Waals surface area contributed by atoms with Gasteiger partial charge in [-0.3, -0.25) is 9.69 Å². The molecule has 0 aromatic heterocycles. The van der Waals surface area contributed by atoms with Gasteiger partial charge in [-0.05, 0) is 56.4 Å². The lowest BCUT2D eigenvalue weighted by atomic mass is 9.89. The van der Waals surface area contributed by atoms with Crippen LogP contribution in [0, 0.1) is 13.8 Å². The summed E-state index contributed by atoms with van der Waals surface area (Å²) in [6.45, 7) is 7.51. The first kappa shape index (κ1) is 14.4. The van der Waals surface area contributed by atoms with E-state index in [0.29, 0.717) is 6.54 Å². The minimum absolute atomic E-state index is 0.196. The number of aryl methyl sites for hydroxylation is 3. The van der Waals surface area contributed by atoms with Gasteiger partial charge in [-0.1, -0.05) is 6.07 Å². The van der Waals surface area contributed by atoms with Crippen LogP contribution in [-0.2, 0) is 11.2 Å². The first-order chi connectivity index (χ1) is 9.90. The van der Waals surface area contributed by atoms with Crippen molar-refractivity contribution in [1.29, 1.82) is 0 Å². The Balaban J connectivity index is 1.80. The summed E-state index contributed by atoms with van der Waals surface area (Å²) < 4.78 is 6.34. The van der Waals surface area contributed by atoms with Crippen LogP contribution in [0.3, 0.4) is 0 Å². The van der Waals surface area contributed by atoms with Gasteiger partial charge in [-0.15, -0.1) is 0 Å². The first-order valence-corrected chi connectivity index (χ1v) is 7.66. The molecule has 2 heterocycles. The number of benzene rings is 1. The van der Waals surface area contributed by atoms with Crippen LogP contribution in [0.25, 0.3) is 0 Å². The van der Waals surface area contributed by atoms with Crippen molar-refractivity contribution in [1.82, 2.24) is 4.90 Å². The lowest BCUT2D eigenvalue weighted by Gasteiger charge is -2.36. The van der Waals surface area contributed by atoms with Crippen LogP contribution in [0.1, 0.15) is 36.5 Å². The van der Waals surface area contributed by atoms with E-state index in [9.17, 15) is 9.90 Å². The lowest BCUT2D eigenvalue weighted by Crippen LogP contribution is -2.45. The Labute approximate surface area is 125 Å². The Hall–Kier alpha value is -1.55. The number of likely N-dealkylation sites (tertiary alicyclic amines) is 1. The van der Waals surface area contributed by atoms with E-state index in [-0.39, 0.29) is 5.60 Å². The van der Waals surface area contributed by atoms with Gasteiger partial charge in [-0.2, -0.15) is 0 Å². The Kier molecular flexibility index (Phi) is 3.44. The normalized spacial score (nSPS) is 26.4. The molecule has 4 heteroatoms. The molecule has 1 aromatic carbocycles. The quantitative estimate of drug-likeness (QED) is 0.909. The highest BCUT2D eigenvalue weighted by Gasteiger charge is 2.44. The number of hydrogen-bond donors (Lipinski definition) is 1. The summed E-state index contributed by atoms with van der Waals surface area (Å²) in [7, 11) is 0. The molecule has 114 valence electrons. The molecule has 0 saturated carbocycles. The molecule has 2 atom stereocenters. The van der Waals surface area contributed by atoms with Crippen LogP contribution >= 0.6 is 0 Å². The Morgan fingerprint density at radius 1 is 1.33 bits per heavy atom. The first-order valence-electron chi connectivity index (χ1n) is 7.66. The van der Waals surface area contributed by atoms with Gasteiger partial charge < -0.3 is 9.84 Å². The molecule has 0 bridgehead atoms. The number of carboxylic acid groups (broad SMARTS) is 1. The average molecular weight is 289 g/mol. The van der Waals surface area contributed by atoms with Gasteiger partial charge in [0.2, 0.25) is 0 Å². The maximum Gasteiger partial charge on any atom is 0.320 e. The van der Waals surface area contributed by atoms with Crippen LogP contribution in [-0.4, -0.2) is 40.7 Å². The molecule has 21 heavy (non-hydrogen) atoms. The summed E-state index contributed by atoms with van der Waals surface area (Å²) in [5, 5.41) is 9.17. The molecule has 2 aliphatic heterocycles. The maximum absolute atomic E-state index is 11.2. The van der Waals surface area contributed by atoms with E-state index in [2.05, 4.69) is 26.0 Å². The largest absolute Gasteiger partial charge is 0.486 e. The predicted octanol–water partition coefficient (Wildman–Crippen LogP) is 2.55. The van der Waals surface area contributed by atoms with Crippen LogP contribution < -0.4 is 4.74 Å². The van der Waals surface area contributed by atoms with Gasteiger partial charge in [0.1, 0.15) is 17.4 Å². The van der Waals surface area contributed by atoms with Crippen molar-refractivity contribution in [3.05, 3.63) is 28.8 Å². The molecule has 4 nitrogen and oxygen atoms in total. The van der Waals surface area contributed by atoms with Gasteiger partial charge in [0.05, 0.1) is 0 Å². The molecule has 1 aromatic rings. The van der Waals surface area contributed by atoms with Crippen molar-refractivity contribution in [3.63, 3.8) is 0 Å². The maximum atomic E-state index is 11.2. The summed E-state index contributed by atoms with van der Waals surface area (Å²) in [6, 6.07) is 3.92. The molecule has 0 radical (unpaired) electrons. The molecule has 1 N–H and O–H groups in total. The molecule has 1 saturated heterocycles. The van der Waals surface area contributed by atoms with Crippen LogP contribution in [0.2, 0.25) is 0 Å². The number of hydrogen-bond acceptors (Lipinski definition) is 3. The van der Waals surface area contributed by atoms with Crippen molar-refractivity contribution >= 4 is 5.97 Å². The van der Waals surface area contributed by atoms with Gasteiger partial charge in [0.25, 0.3) is 0 Å². The fraction of sp³-hybridized carbons (Fsp3) is 0.588. The van der Waals surface area contributed by atoms with Crippen molar-refractivity contribution in [3.8, 4) is 5.75 Å². The Bertz CT molecular complexity index is 584. The number of nitrogens with zero attached hydrogens (tertiary/aromatic N) is 1. The van der Waals surface area contributed by atoms with Gasteiger partial charge in [-0.25, -0.2) is 0 Å². The Morgan fingerprint density at radius 3 is 2.76 bits per heavy atom. The molecule has 0 aliphatic carbocycles. The van der Waals surface area contributed by atoms with E-state index in [4.69, 9.17) is 4.74 Å². The number of fused-ring (bicyclic) bond motifs is 1. The number of rotatable bonds is 2. The van der Waals surface area contributed by atoms with E-state index in [0.717, 1.165) is 31.6 Å². The molecular formula is C17H23NO3. The van der Waals surface area contributed by atoms with Crippen LogP contribution in [0.4, 0.5) is 0 Å². The van der Waals surface area contributed by atoms with Crippen molar-refractivity contribution < 1.29 is 14.6 Å². The van der Waals surface area contributed by atoms with Crippen molar-refractivity contribution in [2.24, 2.45) is 0 Å². The van der Waals surface area contributed by atoms with E-state index in [1.165, 1.54) is 16.7 Å². The van der Waals surface area contributed by atoms with E-state index in [1.807, 2.05) is 4.90 Å². The second-order valence-electron chi connectivity index (χ2n) is 6.56. The molecule has 1 spiro atoms. The number of carboxylic acids is 1. The standard InChI is InChI=1S/C17H23NO3/c1-11-8-14-4-5-17(21-15(14)9-12(11)2)6-7-18(10-17)13(3)16(19)20/h8-9,13H,4-7,10H2,1-3H3,(H,19,20). The molecule has 2 aliphatic rings. The van der Waals surface area contributed by atoms with E-state index >= 15 is 0 Å². The zero-order chi connectivity index (χ0) is 15.2. The zero-order valence-corrected chi connectivity index (χ0v) is 13.0. The smallest absolute Gasteiger partial charge is 0.320 e. The molecule has 0 amide bonds. The molecular weight excluding hydrogens is 266 g/mol. The van der Waals surface area contributed by atoms with Gasteiger partial charge in [0, 0.05) is 19.5 Å². The SMILES string of the molecule is Cc1cc2c(cc1C)OC1(CC2)CCN(C(C)C(=O)O)C1. The number of aliphatic carboxylic acids is 1. The van der Waals surface area contributed by atoms with Gasteiger partial charge in [0.15, 0.2) is 0 Å². The highest BCUT2D eigenvalue weighted by atomic mass is 16.5. The highest BCUT2D eigenvalue weighted by Crippen LogP contribution is 2.40. The topological polar surface area (TPSA) is 49.8 Å². The second kappa shape index (κ2) is 5.02. The van der Waals surface area contributed by atoms with Crippen LogP contribution in [0.15, 0.2) is 12.1 Å². The van der Waals surface area contributed by atoms with Crippen molar-refractivity contribution in [2.75, 3.05) is 13.1 Å². The predicted molar refractivity (Wildman–Crippen MR) is 80.9 cm³/mol. The molecule has 2 unspecified atom stereocenters. The summed E-state index contributed by atoms with van der Waals surface area (Å²) in [5.41, 5.74) is 3.65. The number of ether oxygens (including phenoxy) is 1. The molecule has 3 rings (SSSR count). The van der Waals surface area contributed by atoms with Crippen LogP contribution in [0.5, 0.6) is 5.75 Å². The minimum Gasteiger partial charge on any atom is -0.486 e. The van der Waals surface area contributed by atoms with E-state index < -0.39 is 12.0 Å².